The van der Waals surface area contributed by atoms with E-state index in [0.717, 1.165) is 24.7 Å². The SMILES string of the molecule is N#CC1(c2cc(Nc3cc(C(F)(F)F)ccn3)nc(Cl)n2)CCN(C=O)CC1. The number of amides is 1. The Balaban J connectivity index is 1.90. The number of pyridine rings is 1. The van der Waals surface area contributed by atoms with Gasteiger partial charge in [0.05, 0.1) is 17.3 Å². The van der Waals surface area contributed by atoms with E-state index in [1.54, 1.807) is 4.90 Å². The third-order valence-corrected chi connectivity index (χ3v) is 4.72. The minimum absolute atomic E-state index is 0.0719. The molecule has 3 rings (SSSR count). The number of nitrogens with one attached hydrogen (secondary N) is 1. The summed E-state index contributed by atoms with van der Waals surface area (Å²) in [7, 11) is 0. The van der Waals surface area contributed by atoms with E-state index in [1.807, 2.05) is 0 Å². The van der Waals surface area contributed by atoms with E-state index < -0.39 is 17.2 Å². The van der Waals surface area contributed by atoms with E-state index in [9.17, 15) is 23.2 Å². The number of nitrogens with zero attached hydrogens (tertiary/aromatic N) is 5. The minimum Gasteiger partial charge on any atom is -0.345 e. The average molecular weight is 411 g/mol. The first kappa shape index (κ1) is 19.8. The highest BCUT2D eigenvalue weighted by Gasteiger charge is 2.38. The van der Waals surface area contributed by atoms with Crippen LogP contribution in [-0.2, 0) is 16.4 Å². The van der Waals surface area contributed by atoms with Crippen LogP contribution in [0.1, 0.15) is 24.1 Å². The molecule has 3 heterocycles. The predicted molar refractivity (Wildman–Crippen MR) is 93.7 cm³/mol. The topological polar surface area (TPSA) is 94.8 Å². The lowest BCUT2D eigenvalue weighted by atomic mass is 9.77. The Hall–Kier alpha value is -2.93. The molecule has 1 amide bonds. The van der Waals surface area contributed by atoms with Gasteiger partial charge in [0.1, 0.15) is 17.1 Å². The summed E-state index contributed by atoms with van der Waals surface area (Å²) >= 11 is 5.98. The molecule has 146 valence electrons. The Kier molecular flexibility index (Phi) is 5.38. The van der Waals surface area contributed by atoms with Gasteiger partial charge in [-0.05, 0) is 36.6 Å². The summed E-state index contributed by atoms with van der Waals surface area (Å²) in [5, 5.41) is 12.3. The van der Waals surface area contributed by atoms with Crippen LogP contribution in [0.2, 0.25) is 5.28 Å². The van der Waals surface area contributed by atoms with Crippen molar-refractivity contribution >= 4 is 29.6 Å². The van der Waals surface area contributed by atoms with Gasteiger partial charge in [-0.3, -0.25) is 4.79 Å². The van der Waals surface area contributed by atoms with Gasteiger partial charge in [0, 0.05) is 25.4 Å². The molecular formula is C17H14ClF3N6O. The first-order chi connectivity index (χ1) is 13.3. The Bertz CT molecular complexity index is 922. The number of anilines is 2. The van der Waals surface area contributed by atoms with Gasteiger partial charge in [-0.25, -0.2) is 15.0 Å². The molecule has 1 saturated heterocycles. The van der Waals surface area contributed by atoms with Crippen LogP contribution < -0.4 is 5.32 Å². The van der Waals surface area contributed by atoms with Crippen molar-refractivity contribution < 1.29 is 18.0 Å². The number of hydrogen-bond acceptors (Lipinski definition) is 6. The van der Waals surface area contributed by atoms with Gasteiger partial charge in [-0.1, -0.05) is 0 Å². The lowest BCUT2D eigenvalue weighted by Crippen LogP contribution is -2.41. The van der Waals surface area contributed by atoms with Crippen LogP contribution in [0.25, 0.3) is 0 Å². The maximum absolute atomic E-state index is 12.9. The first-order valence-electron chi connectivity index (χ1n) is 8.22. The molecule has 0 unspecified atom stereocenters. The Morgan fingerprint density at radius 3 is 2.57 bits per heavy atom. The van der Waals surface area contributed by atoms with Crippen molar-refractivity contribution in [3.63, 3.8) is 0 Å². The molecule has 0 atom stereocenters. The number of hydrogen-bond donors (Lipinski definition) is 1. The maximum atomic E-state index is 12.9. The molecule has 11 heteroatoms. The van der Waals surface area contributed by atoms with E-state index in [-0.39, 0.29) is 16.9 Å². The fourth-order valence-electron chi connectivity index (χ4n) is 2.97. The maximum Gasteiger partial charge on any atom is 0.416 e. The normalized spacial score (nSPS) is 16.3. The second kappa shape index (κ2) is 7.59. The van der Waals surface area contributed by atoms with E-state index >= 15 is 0 Å². The van der Waals surface area contributed by atoms with Gasteiger partial charge in [-0.15, -0.1) is 0 Å². The summed E-state index contributed by atoms with van der Waals surface area (Å²) in [6, 6.07) is 5.41. The van der Waals surface area contributed by atoms with Crippen molar-refractivity contribution in [1.29, 1.82) is 5.26 Å². The molecule has 1 fully saturated rings. The van der Waals surface area contributed by atoms with Crippen molar-refractivity contribution in [2.75, 3.05) is 18.4 Å². The molecule has 0 bridgehead atoms. The summed E-state index contributed by atoms with van der Waals surface area (Å²) in [6.45, 7) is 0.771. The van der Waals surface area contributed by atoms with Gasteiger partial charge in [-0.2, -0.15) is 18.4 Å². The van der Waals surface area contributed by atoms with E-state index in [0.29, 0.717) is 31.6 Å². The summed E-state index contributed by atoms with van der Waals surface area (Å²) in [4.78, 5) is 24.4. The van der Waals surface area contributed by atoms with Crippen molar-refractivity contribution in [3.8, 4) is 6.07 Å². The molecular weight excluding hydrogens is 397 g/mol. The fourth-order valence-corrected chi connectivity index (χ4v) is 3.15. The highest BCUT2D eigenvalue weighted by atomic mass is 35.5. The molecule has 28 heavy (non-hydrogen) atoms. The van der Waals surface area contributed by atoms with Gasteiger partial charge in [0.25, 0.3) is 0 Å². The molecule has 0 radical (unpaired) electrons. The third kappa shape index (κ3) is 4.14. The van der Waals surface area contributed by atoms with Crippen molar-refractivity contribution in [2.24, 2.45) is 0 Å². The number of likely N-dealkylation sites (tertiary alicyclic amines) is 1. The number of piperidine rings is 1. The van der Waals surface area contributed by atoms with E-state index in [2.05, 4.69) is 26.3 Å². The van der Waals surface area contributed by atoms with E-state index in [4.69, 9.17) is 11.6 Å². The number of rotatable bonds is 4. The lowest BCUT2D eigenvalue weighted by Gasteiger charge is -2.35. The summed E-state index contributed by atoms with van der Waals surface area (Å²) in [6.07, 6.45) is -2.04. The largest absolute Gasteiger partial charge is 0.416 e. The number of carbonyl (C=O) groups is 1. The van der Waals surface area contributed by atoms with Crippen LogP contribution in [0.3, 0.4) is 0 Å². The molecule has 1 aliphatic heterocycles. The Morgan fingerprint density at radius 1 is 1.25 bits per heavy atom. The molecule has 0 spiro atoms. The number of halogens is 4. The highest BCUT2D eigenvalue weighted by Crippen LogP contribution is 2.35. The summed E-state index contributed by atoms with van der Waals surface area (Å²) in [5.41, 5.74) is -1.49. The molecule has 2 aromatic rings. The molecule has 2 aromatic heterocycles. The van der Waals surface area contributed by atoms with Gasteiger partial charge in [0.2, 0.25) is 11.7 Å². The number of alkyl halides is 3. The highest BCUT2D eigenvalue weighted by molar-refractivity contribution is 6.28. The average Bonchev–Trinajstić information content (AvgIpc) is 2.67. The molecule has 7 nitrogen and oxygen atoms in total. The summed E-state index contributed by atoms with van der Waals surface area (Å²) in [5.74, 6) is 0.0478. The molecule has 0 aliphatic carbocycles. The monoisotopic (exact) mass is 410 g/mol. The van der Waals surface area contributed by atoms with Crippen LogP contribution >= 0.6 is 11.6 Å². The fraction of sp³-hybridized carbons (Fsp3) is 0.353. The lowest BCUT2D eigenvalue weighted by molar-refractivity contribution is -0.137. The zero-order chi connectivity index (χ0) is 20.4. The van der Waals surface area contributed by atoms with Crippen LogP contribution in [0, 0.1) is 11.3 Å². The minimum atomic E-state index is -4.51. The van der Waals surface area contributed by atoms with Crippen molar-refractivity contribution in [3.05, 3.63) is 40.9 Å². The van der Waals surface area contributed by atoms with Crippen molar-refractivity contribution in [2.45, 2.75) is 24.4 Å². The van der Waals surface area contributed by atoms with Gasteiger partial charge < -0.3 is 10.2 Å². The first-order valence-corrected chi connectivity index (χ1v) is 8.59. The standard InChI is InChI=1S/C17H14ClF3N6O/c18-15-24-12(16(9-22)2-5-27(10-28)6-3-16)8-14(26-15)25-13-7-11(1-4-23-13)17(19,20)21/h1,4,7-8,10H,2-3,5-6H2,(H,23,24,25,26). The molecule has 1 aliphatic rings. The summed E-state index contributed by atoms with van der Waals surface area (Å²) < 4.78 is 38.6. The molecule has 0 aromatic carbocycles. The molecule has 0 saturated carbocycles. The van der Waals surface area contributed by atoms with Crippen LogP contribution in [0.15, 0.2) is 24.4 Å². The molecule has 1 N–H and O–H groups in total. The van der Waals surface area contributed by atoms with E-state index in [1.165, 1.54) is 6.07 Å². The zero-order valence-electron chi connectivity index (χ0n) is 14.4. The quantitative estimate of drug-likeness (QED) is 0.614. The van der Waals surface area contributed by atoms with Crippen LogP contribution in [0.5, 0.6) is 0 Å². The van der Waals surface area contributed by atoms with Gasteiger partial charge in [0.15, 0.2) is 0 Å². The second-order valence-electron chi connectivity index (χ2n) is 6.30. The number of nitriles is 1. The Labute approximate surface area is 163 Å². The second-order valence-corrected chi connectivity index (χ2v) is 6.63. The van der Waals surface area contributed by atoms with Crippen LogP contribution in [0.4, 0.5) is 24.8 Å². The smallest absolute Gasteiger partial charge is 0.345 e. The third-order valence-electron chi connectivity index (χ3n) is 4.55. The number of carbonyl (C=O) groups excluding carboxylic acids is 1. The zero-order valence-corrected chi connectivity index (χ0v) is 15.1. The van der Waals surface area contributed by atoms with Crippen molar-refractivity contribution in [1.82, 2.24) is 19.9 Å². The predicted octanol–water partition coefficient (Wildman–Crippen LogP) is 3.30. The van der Waals surface area contributed by atoms with Gasteiger partial charge >= 0.3 is 6.18 Å². The number of aromatic nitrogens is 3. The van der Waals surface area contributed by atoms with Crippen LogP contribution in [-0.4, -0.2) is 39.4 Å². The Morgan fingerprint density at radius 2 is 1.96 bits per heavy atom.